The average molecular weight is 254 g/mol. The Hall–Kier alpha value is -0.940. The summed E-state index contributed by atoms with van der Waals surface area (Å²) in [5, 5.41) is 0.942. The average Bonchev–Trinajstić information content (AvgIpc) is 2.71. The highest BCUT2D eigenvalue weighted by Gasteiger charge is 2.32. The number of aldehydes is 1. The first-order valence-corrected chi connectivity index (χ1v) is 6.70. The summed E-state index contributed by atoms with van der Waals surface area (Å²) in [6.45, 7) is 8.56. The van der Waals surface area contributed by atoms with Crippen molar-refractivity contribution in [3.63, 3.8) is 0 Å². The van der Waals surface area contributed by atoms with Gasteiger partial charge in [-0.05, 0) is 20.3 Å². The maximum absolute atomic E-state index is 11.0. The van der Waals surface area contributed by atoms with Gasteiger partial charge in [0.25, 0.3) is 0 Å². The molecule has 2 heterocycles. The summed E-state index contributed by atoms with van der Waals surface area (Å²) in [7, 11) is 0. The van der Waals surface area contributed by atoms with E-state index in [2.05, 4.69) is 23.7 Å². The predicted molar refractivity (Wildman–Crippen MR) is 69.1 cm³/mol. The Morgan fingerprint density at radius 1 is 1.59 bits per heavy atom. The third kappa shape index (κ3) is 2.35. The van der Waals surface area contributed by atoms with Crippen LogP contribution in [0.15, 0.2) is 0 Å². The normalized spacial score (nSPS) is 19.4. The molecule has 0 aliphatic carbocycles. The molecule has 0 amide bonds. The molecule has 5 heteroatoms. The zero-order valence-corrected chi connectivity index (χ0v) is 11.3. The summed E-state index contributed by atoms with van der Waals surface area (Å²) in [4.78, 5) is 18.5. The lowest BCUT2D eigenvalue weighted by atomic mass is 10.0. The second-order valence-corrected chi connectivity index (χ2v) is 5.80. The van der Waals surface area contributed by atoms with Crippen LogP contribution in [-0.4, -0.2) is 36.6 Å². The van der Waals surface area contributed by atoms with Crippen molar-refractivity contribution >= 4 is 22.8 Å². The third-order valence-corrected chi connectivity index (χ3v) is 4.08. The molecule has 94 valence electrons. The molecule has 0 radical (unpaired) electrons. The van der Waals surface area contributed by atoms with Crippen LogP contribution in [0.2, 0.25) is 0 Å². The fourth-order valence-electron chi connectivity index (χ4n) is 2.02. The molecule has 0 aromatic carbocycles. The lowest BCUT2D eigenvalue weighted by Gasteiger charge is -2.42. The number of nitrogens with zero attached hydrogens (tertiary/aromatic N) is 2. The largest absolute Gasteiger partial charge is 0.377 e. The van der Waals surface area contributed by atoms with E-state index >= 15 is 0 Å². The smallest absolute Gasteiger partial charge is 0.186 e. The van der Waals surface area contributed by atoms with Crippen molar-refractivity contribution in [3.05, 3.63) is 10.6 Å². The molecule has 0 saturated carbocycles. The maximum Gasteiger partial charge on any atom is 0.186 e. The van der Waals surface area contributed by atoms with Crippen LogP contribution in [0.5, 0.6) is 0 Å². The van der Waals surface area contributed by atoms with Gasteiger partial charge in [-0.1, -0.05) is 18.3 Å². The van der Waals surface area contributed by atoms with Crippen molar-refractivity contribution in [1.82, 2.24) is 4.98 Å². The molecular formula is C12H18N2O2S. The lowest BCUT2D eigenvalue weighted by Crippen LogP contribution is -2.53. The SMILES string of the molecule is CCc1nc(N2CCOCC2(C)C)sc1C=O. The summed E-state index contributed by atoms with van der Waals surface area (Å²) >= 11 is 1.48. The third-order valence-electron chi connectivity index (χ3n) is 3.03. The van der Waals surface area contributed by atoms with Crippen molar-refractivity contribution in [3.8, 4) is 0 Å². The van der Waals surface area contributed by atoms with E-state index in [4.69, 9.17) is 4.74 Å². The van der Waals surface area contributed by atoms with Crippen LogP contribution in [0.25, 0.3) is 0 Å². The van der Waals surface area contributed by atoms with Crippen molar-refractivity contribution in [2.24, 2.45) is 0 Å². The number of carbonyl (C=O) groups is 1. The van der Waals surface area contributed by atoms with Crippen LogP contribution in [-0.2, 0) is 11.2 Å². The van der Waals surface area contributed by atoms with E-state index in [9.17, 15) is 4.79 Å². The molecule has 0 bridgehead atoms. The van der Waals surface area contributed by atoms with E-state index in [0.29, 0.717) is 6.61 Å². The Morgan fingerprint density at radius 2 is 2.35 bits per heavy atom. The number of ether oxygens (including phenoxy) is 1. The van der Waals surface area contributed by atoms with Crippen LogP contribution < -0.4 is 4.90 Å². The number of carbonyl (C=O) groups excluding carboxylic acids is 1. The zero-order chi connectivity index (χ0) is 12.5. The molecule has 0 spiro atoms. The molecular weight excluding hydrogens is 236 g/mol. The van der Waals surface area contributed by atoms with Crippen LogP contribution in [0.4, 0.5) is 5.13 Å². The summed E-state index contributed by atoms with van der Waals surface area (Å²) in [6, 6.07) is 0. The summed E-state index contributed by atoms with van der Waals surface area (Å²) in [6.07, 6.45) is 1.71. The molecule has 1 fully saturated rings. The number of morpholine rings is 1. The highest BCUT2D eigenvalue weighted by Crippen LogP contribution is 2.32. The van der Waals surface area contributed by atoms with Gasteiger partial charge in [0.05, 0.1) is 29.3 Å². The van der Waals surface area contributed by atoms with Crippen LogP contribution in [0.1, 0.15) is 36.1 Å². The van der Waals surface area contributed by atoms with Crippen LogP contribution >= 0.6 is 11.3 Å². The second-order valence-electron chi connectivity index (χ2n) is 4.80. The van der Waals surface area contributed by atoms with E-state index < -0.39 is 0 Å². The number of hydrogen-bond donors (Lipinski definition) is 0. The van der Waals surface area contributed by atoms with E-state index in [-0.39, 0.29) is 5.54 Å². The molecule has 1 aliphatic rings. The van der Waals surface area contributed by atoms with Crippen molar-refractivity contribution in [1.29, 1.82) is 0 Å². The van der Waals surface area contributed by atoms with Gasteiger partial charge in [0.15, 0.2) is 11.4 Å². The molecule has 4 nitrogen and oxygen atoms in total. The fraction of sp³-hybridized carbons (Fsp3) is 0.667. The lowest BCUT2D eigenvalue weighted by molar-refractivity contribution is 0.0643. The van der Waals surface area contributed by atoms with E-state index in [1.807, 2.05) is 6.92 Å². The first-order chi connectivity index (χ1) is 8.08. The minimum Gasteiger partial charge on any atom is -0.377 e. The monoisotopic (exact) mass is 254 g/mol. The van der Waals surface area contributed by atoms with E-state index in [0.717, 1.165) is 41.6 Å². The second kappa shape index (κ2) is 4.74. The number of rotatable bonds is 3. The Bertz CT molecular complexity index is 415. The zero-order valence-electron chi connectivity index (χ0n) is 10.5. The van der Waals surface area contributed by atoms with Gasteiger partial charge >= 0.3 is 0 Å². The van der Waals surface area contributed by atoms with Gasteiger partial charge in [0, 0.05) is 6.54 Å². The Kier molecular flexibility index (Phi) is 3.49. The number of aryl methyl sites for hydroxylation is 1. The topological polar surface area (TPSA) is 42.4 Å². The fourth-order valence-corrected chi connectivity index (χ4v) is 3.18. The maximum atomic E-state index is 11.0. The molecule has 0 unspecified atom stereocenters. The molecule has 2 rings (SSSR count). The molecule has 1 saturated heterocycles. The Morgan fingerprint density at radius 3 is 2.88 bits per heavy atom. The minimum absolute atomic E-state index is 0.0543. The van der Waals surface area contributed by atoms with Crippen molar-refractivity contribution in [2.45, 2.75) is 32.7 Å². The number of anilines is 1. The van der Waals surface area contributed by atoms with E-state index in [1.54, 1.807) is 0 Å². The van der Waals surface area contributed by atoms with Gasteiger partial charge in [-0.2, -0.15) is 0 Å². The first kappa shape index (κ1) is 12.5. The van der Waals surface area contributed by atoms with Crippen molar-refractivity contribution < 1.29 is 9.53 Å². The van der Waals surface area contributed by atoms with Gasteiger partial charge in [0.1, 0.15) is 0 Å². The highest BCUT2D eigenvalue weighted by atomic mass is 32.1. The van der Waals surface area contributed by atoms with Gasteiger partial charge < -0.3 is 9.64 Å². The highest BCUT2D eigenvalue weighted by molar-refractivity contribution is 7.17. The van der Waals surface area contributed by atoms with Gasteiger partial charge in [-0.3, -0.25) is 4.79 Å². The Balaban J connectivity index is 2.32. The number of aromatic nitrogens is 1. The number of thiazole rings is 1. The summed E-state index contributed by atoms with van der Waals surface area (Å²) in [5.74, 6) is 0. The predicted octanol–water partition coefficient (Wildman–Crippen LogP) is 2.13. The minimum atomic E-state index is -0.0543. The first-order valence-electron chi connectivity index (χ1n) is 5.88. The van der Waals surface area contributed by atoms with Gasteiger partial charge in [-0.15, -0.1) is 0 Å². The summed E-state index contributed by atoms with van der Waals surface area (Å²) in [5.41, 5.74) is 0.851. The van der Waals surface area contributed by atoms with Crippen LogP contribution in [0, 0.1) is 0 Å². The molecule has 1 aliphatic heterocycles. The molecule has 1 aromatic heterocycles. The summed E-state index contributed by atoms with van der Waals surface area (Å²) < 4.78 is 5.49. The van der Waals surface area contributed by atoms with E-state index in [1.165, 1.54) is 11.3 Å². The molecule has 17 heavy (non-hydrogen) atoms. The number of hydrogen-bond acceptors (Lipinski definition) is 5. The molecule has 0 atom stereocenters. The molecule has 1 aromatic rings. The van der Waals surface area contributed by atoms with Crippen molar-refractivity contribution in [2.75, 3.05) is 24.7 Å². The van der Waals surface area contributed by atoms with Gasteiger partial charge in [0.2, 0.25) is 0 Å². The quantitative estimate of drug-likeness (QED) is 0.775. The van der Waals surface area contributed by atoms with Crippen LogP contribution in [0.3, 0.4) is 0 Å². The Labute approximate surface area is 106 Å². The molecule has 0 N–H and O–H groups in total. The standard InChI is InChI=1S/C12H18N2O2S/c1-4-9-10(7-15)17-11(13-9)14-5-6-16-8-12(14,2)3/h7H,4-6,8H2,1-3H3. The van der Waals surface area contributed by atoms with Gasteiger partial charge in [-0.25, -0.2) is 4.98 Å².